The number of aliphatic hydroxyl groups excluding tert-OH is 3. The van der Waals surface area contributed by atoms with Gasteiger partial charge in [0.25, 0.3) is 0 Å². The maximum Gasteiger partial charge on any atom is 0.195 e. The van der Waals surface area contributed by atoms with Gasteiger partial charge in [0.2, 0.25) is 0 Å². The Morgan fingerprint density at radius 3 is 1.88 bits per heavy atom. The number of phenols is 6. The van der Waals surface area contributed by atoms with Crippen molar-refractivity contribution in [3.8, 4) is 46.0 Å². The maximum absolute atomic E-state index is 13.4. The van der Waals surface area contributed by atoms with Crippen LogP contribution >= 0.6 is 0 Å². The Labute approximate surface area is 232 Å². The molecule has 1 aliphatic carbocycles. The largest absolute Gasteiger partial charge is 0.508 e. The highest BCUT2D eigenvalue weighted by atomic mass is 16.5. The average Bonchev–Trinajstić information content (AvgIpc) is 3.03. The Hall–Kier alpha value is -4.39. The van der Waals surface area contributed by atoms with Gasteiger partial charge >= 0.3 is 0 Å². The molecule has 0 saturated heterocycles. The van der Waals surface area contributed by atoms with E-state index in [1.54, 1.807) is 0 Å². The fraction of sp³-hybridized carbons (Fsp3) is 0.345. The molecule has 2 aliphatic heterocycles. The van der Waals surface area contributed by atoms with Crippen LogP contribution in [0.3, 0.4) is 0 Å². The molecular weight excluding hydrogens is 540 g/mol. The molecule has 0 amide bonds. The van der Waals surface area contributed by atoms with E-state index in [1.807, 2.05) is 0 Å². The van der Waals surface area contributed by atoms with Crippen molar-refractivity contribution in [3.05, 3.63) is 58.1 Å². The summed E-state index contributed by atoms with van der Waals surface area (Å²) >= 11 is 0. The van der Waals surface area contributed by atoms with Crippen LogP contribution in [-0.2, 0) is 19.3 Å². The van der Waals surface area contributed by atoms with Crippen molar-refractivity contribution in [2.24, 2.45) is 5.92 Å². The van der Waals surface area contributed by atoms with E-state index in [0.717, 1.165) is 18.2 Å². The van der Waals surface area contributed by atoms with Gasteiger partial charge in [-0.3, -0.25) is 4.79 Å². The van der Waals surface area contributed by atoms with Crippen molar-refractivity contribution < 1.29 is 60.2 Å². The van der Waals surface area contributed by atoms with E-state index in [4.69, 9.17) is 9.47 Å². The zero-order valence-electron chi connectivity index (χ0n) is 21.4. The smallest absolute Gasteiger partial charge is 0.195 e. The zero-order valence-corrected chi connectivity index (χ0v) is 21.4. The van der Waals surface area contributed by atoms with Crippen molar-refractivity contribution in [2.45, 2.75) is 56.2 Å². The minimum atomic E-state index is -1.65. The van der Waals surface area contributed by atoms with Crippen LogP contribution in [0.2, 0.25) is 0 Å². The van der Waals surface area contributed by atoms with Gasteiger partial charge in [-0.15, -0.1) is 0 Å². The molecule has 3 aliphatic rings. The Morgan fingerprint density at radius 1 is 0.659 bits per heavy atom. The molecule has 9 N–H and O–H groups in total. The number of carbonyl (C=O) groups excluding carboxylic acids is 1. The molecule has 0 fully saturated rings. The van der Waals surface area contributed by atoms with Crippen LogP contribution < -0.4 is 9.47 Å². The molecule has 0 aromatic heterocycles. The Balaban J connectivity index is 1.44. The lowest BCUT2D eigenvalue weighted by Crippen LogP contribution is -2.44. The van der Waals surface area contributed by atoms with Crippen molar-refractivity contribution in [1.29, 1.82) is 0 Å². The molecule has 41 heavy (non-hydrogen) atoms. The molecule has 0 spiro atoms. The third kappa shape index (κ3) is 4.40. The zero-order chi connectivity index (χ0) is 29.3. The SMILES string of the molecule is O=C1c2c(O)c(O)cc([C@H]3Oc4cc(O)cc(O)c4C[C@H]3O)c2CC([C@H]2Oc3cc(O)cc(O)c3C[C@H]2O)CC1O. The standard InChI is InChI=1S/C29H28O12/c30-11-3-17(32)15-8-21(36)28(40-23(15)5-11)10-1-13-14(7-20(35)27(39)25(13)26(38)19(34)2-10)29-22(37)9-16-18(33)4-12(31)6-24(16)41-29/h3-7,10,19,21-22,28-37,39H,1-2,8-9H2/t10?,19?,21-,22-,28-,29-/m1/s1. The summed E-state index contributed by atoms with van der Waals surface area (Å²) in [5, 5.41) is 94.5. The van der Waals surface area contributed by atoms with Gasteiger partial charge in [0, 0.05) is 59.7 Å². The first-order valence-corrected chi connectivity index (χ1v) is 13.0. The van der Waals surface area contributed by atoms with Gasteiger partial charge < -0.3 is 55.4 Å². The summed E-state index contributed by atoms with van der Waals surface area (Å²) in [6.07, 6.45) is -6.78. The first kappa shape index (κ1) is 26.8. The number of rotatable bonds is 2. The van der Waals surface area contributed by atoms with E-state index in [9.17, 15) is 50.8 Å². The number of benzene rings is 3. The molecule has 2 unspecified atom stereocenters. The molecule has 2 heterocycles. The summed E-state index contributed by atoms with van der Waals surface area (Å²) in [4.78, 5) is 13.4. The van der Waals surface area contributed by atoms with Crippen LogP contribution in [-0.4, -0.2) is 76.2 Å². The van der Waals surface area contributed by atoms with Crippen LogP contribution in [0, 0.1) is 5.92 Å². The van der Waals surface area contributed by atoms with Crippen LogP contribution in [0.15, 0.2) is 30.3 Å². The number of Topliss-reactive ketones (excluding diaryl/α,β-unsaturated/α-hetero) is 1. The van der Waals surface area contributed by atoms with Crippen molar-refractivity contribution in [2.75, 3.05) is 0 Å². The number of aromatic hydroxyl groups is 6. The lowest BCUT2D eigenvalue weighted by molar-refractivity contribution is -0.0239. The van der Waals surface area contributed by atoms with Crippen LogP contribution in [0.5, 0.6) is 46.0 Å². The lowest BCUT2D eigenvalue weighted by Gasteiger charge is -2.37. The fourth-order valence-electron chi connectivity index (χ4n) is 6.23. The number of fused-ring (bicyclic) bond motifs is 3. The minimum Gasteiger partial charge on any atom is -0.508 e. The van der Waals surface area contributed by atoms with Crippen molar-refractivity contribution >= 4 is 5.78 Å². The fourth-order valence-corrected chi connectivity index (χ4v) is 6.23. The minimum absolute atomic E-state index is 0.0403. The molecular formula is C29H28O12. The molecule has 0 saturated carbocycles. The number of phenolic OH excluding ortho intramolecular Hbond substituents is 6. The van der Waals surface area contributed by atoms with Gasteiger partial charge in [-0.05, 0) is 24.5 Å². The summed E-state index contributed by atoms with van der Waals surface area (Å²) in [5.41, 5.74) is 0.420. The van der Waals surface area contributed by atoms with E-state index < -0.39 is 53.7 Å². The van der Waals surface area contributed by atoms with Crippen LogP contribution in [0.25, 0.3) is 0 Å². The maximum atomic E-state index is 13.4. The second-order valence-electron chi connectivity index (χ2n) is 10.8. The Morgan fingerprint density at radius 2 is 1.24 bits per heavy atom. The topological polar surface area (TPSA) is 218 Å². The number of hydrogen-bond acceptors (Lipinski definition) is 12. The molecule has 6 atom stereocenters. The van der Waals surface area contributed by atoms with E-state index in [2.05, 4.69) is 0 Å². The molecule has 12 heteroatoms. The number of hydrogen-bond donors (Lipinski definition) is 9. The monoisotopic (exact) mass is 568 g/mol. The highest BCUT2D eigenvalue weighted by molar-refractivity contribution is 6.04. The van der Waals surface area contributed by atoms with E-state index >= 15 is 0 Å². The molecule has 216 valence electrons. The molecule has 0 bridgehead atoms. The second kappa shape index (κ2) is 9.61. The van der Waals surface area contributed by atoms with E-state index in [1.165, 1.54) is 12.1 Å². The summed E-state index contributed by atoms with van der Waals surface area (Å²) in [7, 11) is 0. The third-order valence-corrected chi connectivity index (χ3v) is 8.15. The van der Waals surface area contributed by atoms with Gasteiger partial charge in [-0.2, -0.15) is 0 Å². The summed E-state index contributed by atoms with van der Waals surface area (Å²) in [6, 6.07) is 5.89. The Kier molecular flexibility index (Phi) is 6.29. The van der Waals surface area contributed by atoms with E-state index in [-0.39, 0.29) is 88.0 Å². The highest BCUT2D eigenvalue weighted by Gasteiger charge is 2.44. The van der Waals surface area contributed by atoms with Gasteiger partial charge in [-0.25, -0.2) is 0 Å². The van der Waals surface area contributed by atoms with Gasteiger partial charge in [0.05, 0.1) is 17.8 Å². The first-order valence-electron chi connectivity index (χ1n) is 13.0. The summed E-state index contributed by atoms with van der Waals surface area (Å²) in [6.45, 7) is 0. The molecule has 12 nitrogen and oxygen atoms in total. The normalized spacial score (nSPS) is 27.0. The van der Waals surface area contributed by atoms with Crippen LogP contribution in [0.1, 0.15) is 45.1 Å². The summed E-state index contributed by atoms with van der Waals surface area (Å²) in [5.74, 6) is -4.01. The highest BCUT2D eigenvalue weighted by Crippen LogP contribution is 2.48. The number of carbonyl (C=O) groups is 1. The van der Waals surface area contributed by atoms with Crippen molar-refractivity contribution in [1.82, 2.24) is 0 Å². The number of aliphatic hydroxyl groups is 3. The molecule has 0 radical (unpaired) electrons. The first-order chi connectivity index (χ1) is 19.4. The average molecular weight is 569 g/mol. The molecule has 3 aromatic rings. The van der Waals surface area contributed by atoms with Gasteiger partial charge in [-0.1, -0.05) is 0 Å². The van der Waals surface area contributed by atoms with Crippen molar-refractivity contribution in [3.63, 3.8) is 0 Å². The van der Waals surface area contributed by atoms with E-state index in [0.29, 0.717) is 0 Å². The van der Waals surface area contributed by atoms with Crippen LogP contribution in [0.4, 0.5) is 0 Å². The Bertz CT molecular complexity index is 1570. The predicted octanol–water partition coefficient (Wildman–Crippen LogP) is 1.43. The predicted molar refractivity (Wildman–Crippen MR) is 139 cm³/mol. The quantitative estimate of drug-likeness (QED) is 0.158. The molecule has 3 aromatic carbocycles. The number of ketones is 1. The number of ether oxygens (including phenoxy) is 2. The lowest BCUT2D eigenvalue weighted by atomic mass is 9.82. The second-order valence-corrected chi connectivity index (χ2v) is 10.8. The summed E-state index contributed by atoms with van der Waals surface area (Å²) < 4.78 is 11.9. The van der Waals surface area contributed by atoms with Gasteiger partial charge in [0.15, 0.2) is 23.4 Å². The van der Waals surface area contributed by atoms with Gasteiger partial charge in [0.1, 0.15) is 46.7 Å². The third-order valence-electron chi connectivity index (χ3n) is 8.15. The molecule has 6 rings (SSSR count).